The highest BCUT2D eigenvalue weighted by atomic mass is 16.3. The van der Waals surface area contributed by atoms with Gasteiger partial charge in [-0.05, 0) is 6.42 Å². The lowest BCUT2D eigenvalue weighted by Gasteiger charge is -2.12. The van der Waals surface area contributed by atoms with Gasteiger partial charge in [0.2, 0.25) is 5.91 Å². The van der Waals surface area contributed by atoms with Gasteiger partial charge in [0.25, 0.3) is 0 Å². The van der Waals surface area contributed by atoms with E-state index >= 15 is 0 Å². The Labute approximate surface area is 155 Å². The lowest BCUT2D eigenvalue weighted by molar-refractivity contribution is -0.122. The Morgan fingerprint density at radius 2 is 1.04 bits per heavy atom. The predicted octanol–water partition coefficient (Wildman–Crippen LogP) is 4.72. The van der Waals surface area contributed by atoms with Gasteiger partial charge in [0.05, 0.1) is 19.3 Å². The van der Waals surface area contributed by atoms with Crippen molar-refractivity contribution in [2.24, 2.45) is 0 Å². The number of carbonyl (C=O) groups excluding carboxylic acids is 1. The van der Waals surface area contributed by atoms with Gasteiger partial charge in [0.15, 0.2) is 0 Å². The Kier molecular flexibility index (Phi) is 19.2. The molecule has 0 atom stereocenters. The van der Waals surface area contributed by atoms with E-state index in [2.05, 4.69) is 12.2 Å². The molecule has 150 valence electrons. The maximum atomic E-state index is 11.6. The quantitative estimate of drug-likeness (QED) is 0.293. The van der Waals surface area contributed by atoms with Crippen molar-refractivity contribution in [2.45, 2.75) is 116 Å². The number of aliphatic hydroxyl groups is 2. The first-order chi connectivity index (χ1) is 12.2. The van der Waals surface area contributed by atoms with Crippen LogP contribution in [0.3, 0.4) is 0 Å². The average molecular weight is 358 g/mol. The van der Waals surface area contributed by atoms with Crippen LogP contribution in [0.4, 0.5) is 0 Å². The molecular formula is C21H43NO3. The number of hydrogen-bond acceptors (Lipinski definition) is 3. The highest BCUT2D eigenvalue weighted by molar-refractivity contribution is 5.76. The summed E-state index contributed by atoms with van der Waals surface area (Å²) < 4.78 is 0. The van der Waals surface area contributed by atoms with E-state index in [0.717, 1.165) is 12.8 Å². The highest BCUT2D eigenvalue weighted by Gasteiger charge is 2.09. The van der Waals surface area contributed by atoms with Gasteiger partial charge in [-0.1, -0.05) is 96.8 Å². The van der Waals surface area contributed by atoms with Crippen molar-refractivity contribution in [3.8, 4) is 0 Å². The van der Waals surface area contributed by atoms with Gasteiger partial charge >= 0.3 is 0 Å². The summed E-state index contributed by atoms with van der Waals surface area (Å²) in [6.45, 7) is 1.85. The molecule has 0 saturated carbocycles. The summed E-state index contributed by atoms with van der Waals surface area (Å²) in [7, 11) is 0. The van der Waals surface area contributed by atoms with E-state index in [1.54, 1.807) is 0 Å². The molecule has 0 fully saturated rings. The van der Waals surface area contributed by atoms with E-state index in [-0.39, 0.29) is 19.1 Å². The number of aliphatic hydroxyl groups excluding tert-OH is 2. The number of rotatable bonds is 19. The van der Waals surface area contributed by atoms with Crippen LogP contribution in [-0.2, 0) is 4.79 Å². The molecule has 0 bridgehead atoms. The largest absolute Gasteiger partial charge is 0.394 e. The predicted molar refractivity (Wildman–Crippen MR) is 106 cm³/mol. The van der Waals surface area contributed by atoms with Crippen LogP contribution in [-0.4, -0.2) is 35.4 Å². The van der Waals surface area contributed by atoms with Gasteiger partial charge in [-0.25, -0.2) is 0 Å². The highest BCUT2D eigenvalue weighted by Crippen LogP contribution is 2.13. The Morgan fingerprint density at radius 1 is 0.680 bits per heavy atom. The van der Waals surface area contributed by atoms with Crippen LogP contribution in [0.15, 0.2) is 0 Å². The van der Waals surface area contributed by atoms with Gasteiger partial charge in [0, 0.05) is 6.42 Å². The summed E-state index contributed by atoms with van der Waals surface area (Å²) in [6.07, 6.45) is 20.2. The molecule has 0 radical (unpaired) electrons. The Balaban J connectivity index is 3.17. The molecule has 25 heavy (non-hydrogen) atoms. The molecule has 0 unspecified atom stereocenters. The smallest absolute Gasteiger partial charge is 0.220 e. The second-order valence-electron chi connectivity index (χ2n) is 7.33. The molecule has 3 N–H and O–H groups in total. The summed E-state index contributed by atoms with van der Waals surface area (Å²) >= 11 is 0. The first kappa shape index (κ1) is 24.4. The minimum Gasteiger partial charge on any atom is -0.394 e. The van der Waals surface area contributed by atoms with E-state index in [9.17, 15) is 4.79 Å². The van der Waals surface area contributed by atoms with Crippen LogP contribution in [0.25, 0.3) is 0 Å². The van der Waals surface area contributed by atoms with Gasteiger partial charge in [-0.2, -0.15) is 0 Å². The maximum Gasteiger partial charge on any atom is 0.220 e. The Hall–Kier alpha value is -0.610. The van der Waals surface area contributed by atoms with E-state index < -0.39 is 6.04 Å². The molecular weight excluding hydrogens is 314 g/mol. The molecule has 0 aromatic carbocycles. The third kappa shape index (κ3) is 18.0. The zero-order chi connectivity index (χ0) is 18.6. The van der Waals surface area contributed by atoms with Gasteiger partial charge < -0.3 is 15.5 Å². The molecule has 0 aliphatic heterocycles. The van der Waals surface area contributed by atoms with Crippen LogP contribution in [0, 0.1) is 0 Å². The van der Waals surface area contributed by atoms with Crippen molar-refractivity contribution in [1.82, 2.24) is 5.32 Å². The molecule has 4 heteroatoms. The second kappa shape index (κ2) is 19.7. The van der Waals surface area contributed by atoms with Crippen LogP contribution in [0.1, 0.15) is 110 Å². The van der Waals surface area contributed by atoms with E-state index in [0.29, 0.717) is 6.42 Å². The van der Waals surface area contributed by atoms with Crippen molar-refractivity contribution in [3.63, 3.8) is 0 Å². The molecule has 1 amide bonds. The third-order valence-corrected chi connectivity index (χ3v) is 4.81. The molecule has 0 aromatic rings. The fraction of sp³-hybridized carbons (Fsp3) is 0.952. The number of nitrogens with one attached hydrogen (secondary N) is 1. The Bertz CT molecular complexity index is 280. The first-order valence-electron chi connectivity index (χ1n) is 10.8. The molecule has 0 spiro atoms. The van der Waals surface area contributed by atoms with Crippen molar-refractivity contribution in [1.29, 1.82) is 0 Å². The van der Waals surface area contributed by atoms with Crippen molar-refractivity contribution in [3.05, 3.63) is 0 Å². The van der Waals surface area contributed by atoms with Gasteiger partial charge in [-0.3, -0.25) is 4.79 Å². The zero-order valence-electron chi connectivity index (χ0n) is 16.6. The minimum atomic E-state index is -0.510. The fourth-order valence-electron chi connectivity index (χ4n) is 3.11. The van der Waals surface area contributed by atoms with E-state index in [1.807, 2.05) is 0 Å². The molecule has 0 aliphatic carbocycles. The van der Waals surface area contributed by atoms with Crippen LogP contribution >= 0.6 is 0 Å². The third-order valence-electron chi connectivity index (χ3n) is 4.81. The molecule has 0 rings (SSSR count). The van der Waals surface area contributed by atoms with Crippen LogP contribution in [0.2, 0.25) is 0 Å². The standard InChI is InChI=1S/C21H43NO3/c1-2-3-4-5-6-7-8-9-10-11-12-13-14-15-16-17-21(25)22-20(18-23)19-24/h20,23-24H,2-19H2,1H3,(H,22,25). The van der Waals surface area contributed by atoms with Crippen LogP contribution in [0.5, 0.6) is 0 Å². The average Bonchev–Trinajstić information content (AvgIpc) is 2.62. The van der Waals surface area contributed by atoms with Crippen molar-refractivity contribution in [2.75, 3.05) is 13.2 Å². The Morgan fingerprint density at radius 3 is 1.40 bits per heavy atom. The molecule has 0 aromatic heterocycles. The topological polar surface area (TPSA) is 69.6 Å². The fourth-order valence-corrected chi connectivity index (χ4v) is 3.11. The summed E-state index contributed by atoms with van der Waals surface area (Å²) in [5.74, 6) is -0.0669. The normalized spacial score (nSPS) is 11.2. The lowest BCUT2D eigenvalue weighted by Crippen LogP contribution is -2.39. The molecule has 0 heterocycles. The molecule has 0 saturated heterocycles. The summed E-state index contributed by atoms with van der Waals surface area (Å²) in [5, 5.41) is 20.4. The van der Waals surface area contributed by atoms with Gasteiger partial charge in [-0.15, -0.1) is 0 Å². The van der Waals surface area contributed by atoms with Crippen molar-refractivity contribution < 1.29 is 15.0 Å². The van der Waals surface area contributed by atoms with Gasteiger partial charge in [0.1, 0.15) is 0 Å². The van der Waals surface area contributed by atoms with E-state index in [1.165, 1.54) is 83.5 Å². The maximum absolute atomic E-state index is 11.6. The van der Waals surface area contributed by atoms with Crippen LogP contribution < -0.4 is 5.32 Å². The number of unbranched alkanes of at least 4 members (excludes halogenated alkanes) is 14. The second-order valence-corrected chi connectivity index (χ2v) is 7.33. The SMILES string of the molecule is CCCCCCCCCCCCCCCCCC(=O)NC(CO)CO. The number of hydrogen-bond donors (Lipinski definition) is 3. The first-order valence-corrected chi connectivity index (χ1v) is 10.8. The minimum absolute atomic E-state index is 0.0669. The zero-order valence-corrected chi connectivity index (χ0v) is 16.6. The monoisotopic (exact) mass is 357 g/mol. The number of carbonyl (C=O) groups is 1. The summed E-state index contributed by atoms with van der Waals surface area (Å²) in [6, 6.07) is -0.510. The van der Waals surface area contributed by atoms with Crippen molar-refractivity contribution >= 4 is 5.91 Å². The summed E-state index contributed by atoms with van der Waals surface area (Å²) in [5.41, 5.74) is 0. The van der Waals surface area contributed by atoms with E-state index in [4.69, 9.17) is 10.2 Å². The molecule has 4 nitrogen and oxygen atoms in total. The number of amides is 1. The molecule has 0 aliphatic rings. The lowest BCUT2D eigenvalue weighted by atomic mass is 10.0. The summed E-state index contributed by atoms with van der Waals surface area (Å²) in [4.78, 5) is 11.6.